The van der Waals surface area contributed by atoms with Crippen LogP contribution in [-0.2, 0) is 16.0 Å². The molecule has 120 valence electrons. The highest BCUT2D eigenvalue weighted by atomic mass is 19.1. The topological polar surface area (TPSA) is 63.6 Å². The Hall–Kier alpha value is -2.69. The maximum Gasteiger partial charge on any atom is 0.338 e. The van der Waals surface area contributed by atoms with E-state index < -0.39 is 17.8 Å². The van der Waals surface area contributed by atoms with Crippen LogP contribution >= 0.6 is 0 Å². The second-order valence-corrected chi connectivity index (χ2v) is 5.41. The third kappa shape index (κ3) is 4.39. The Bertz CT molecular complexity index is 738. The van der Waals surface area contributed by atoms with E-state index in [2.05, 4.69) is 0 Å². The lowest BCUT2D eigenvalue weighted by Crippen LogP contribution is -2.11. The largest absolute Gasteiger partial charge is 0.481 e. The van der Waals surface area contributed by atoms with Crippen LogP contribution in [0.3, 0.4) is 0 Å². The van der Waals surface area contributed by atoms with Crippen LogP contribution in [0.4, 0.5) is 4.39 Å². The van der Waals surface area contributed by atoms with Crippen LogP contribution in [0, 0.1) is 5.82 Å². The number of carboxylic acid groups (broad SMARTS) is 1. The van der Waals surface area contributed by atoms with Gasteiger partial charge >= 0.3 is 11.9 Å². The minimum absolute atomic E-state index is 0.122. The molecule has 0 unspecified atom stereocenters. The van der Waals surface area contributed by atoms with Crippen molar-refractivity contribution in [2.75, 3.05) is 0 Å². The molecule has 0 aliphatic rings. The third-order valence-electron chi connectivity index (χ3n) is 3.17. The van der Waals surface area contributed by atoms with Gasteiger partial charge in [0.15, 0.2) is 0 Å². The number of carboxylic acids is 1. The number of halogens is 1. The fraction of sp³-hybridized carbons (Fsp3) is 0.222. The SMILES string of the molecule is CC(C)OC(=O)c1cccc(-c2ccc(CC(=O)O)c(F)c2)c1. The highest BCUT2D eigenvalue weighted by Gasteiger charge is 2.12. The smallest absolute Gasteiger partial charge is 0.338 e. The number of carbonyl (C=O) groups excluding carboxylic acids is 1. The first-order valence-electron chi connectivity index (χ1n) is 7.18. The van der Waals surface area contributed by atoms with Gasteiger partial charge in [0, 0.05) is 0 Å². The van der Waals surface area contributed by atoms with Crippen LogP contribution in [0.15, 0.2) is 42.5 Å². The van der Waals surface area contributed by atoms with E-state index in [4.69, 9.17) is 9.84 Å². The number of benzene rings is 2. The van der Waals surface area contributed by atoms with Gasteiger partial charge in [-0.05, 0) is 48.7 Å². The molecule has 0 saturated heterocycles. The molecule has 0 aromatic heterocycles. The van der Waals surface area contributed by atoms with Crippen LogP contribution < -0.4 is 0 Å². The van der Waals surface area contributed by atoms with E-state index in [-0.39, 0.29) is 18.1 Å². The average Bonchev–Trinajstić information content (AvgIpc) is 2.48. The summed E-state index contributed by atoms with van der Waals surface area (Å²) in [6, 6.07) is 11.0. The molecule has 2 rings (SSSR count). The van der Waals surface area contributed by atoms with E-state index in [0.29, 0.717) is 16.7 Å². The summed E-state index contributed by atoms with van der Waals surface area (Å²) in [6.07, 6.45) is -0.591. The van der Waals surface area contributed by atoms with E-state index in [0.717, 1.165) is 0 Å². The molecule has 0 atom stereocenters. The Kier molecular flexibility index (Phi) is 5.11. The van der Waals surface area contributed by atoms with Crippen molar-refractivity contribution in [2.45, 2.75) is 26.4 Å². The predicted octanol–water partition coefficient (Wildman–Crippen LogP) is 3.69. The maximum absolute atomic E-state index is 14.0. The fourth-order valence-electron chi connectivity index (χ4n) is 2.14. The average molecular weight is 316 g/mol. The minimum atomic E-state index is -1.09. The van der Waals surface area contributed by atoms with Crippen molar-refractivity contribution in [1.82, 2.24) is 0 Å². The number of hydrogen-bond acceptors (Lipinski definition) is 3. The van der Waals surface area contributed by atoms with Crippen molar-refractivity contribution in [1.29, 1.82) is 0 Å². The van der Waals surface area contributed by atoms with Gasteiger partial charge in [-0.25, -0.2) is 9.18 Å². The van der Waals surface area contributed by atoms with Crippen LogP contribution in [0.5, 0.6) is 0 Å². The number of hydrogen-bond donors (Lipinski definition) is 1. The number of esters is 1. The molecule has 0 spiro atoms. The van der Waals surface area contributed by atoms with Crippen molar-refractivity contribution in [3.05, 3.63) is 59.4 Å². The van der Waals surface area contributed by atoms with Gasteiger partial charge in [0.05, 0.1) is 18.1 Å². The molecular formula is C18H17FO4. The first-order valence-corrected chi connectivity index (χ1v) is 7.18. The second kappa shape index (κ2) is 7.05. The van der Waals surface area contributed by atoms with Gasteiger partial charge in [0.1, 0.15) is 5.82 Å². The molecule has 2 aromatic rings. The van der Waals surface area contributed by atoms with Crippen LogP contribution in [-0.4, -0.2) is 23.1 Å². The van der Waals surface area contributed by atoms with Crippen molar-refractivity contribution in [2.24, 2.45) is 0 Å². The van der Waals surface area contributed by atoms with E-state index in [9.17, 15) is 14.0 Å². The zero-order valence-electron chi connectivity index (χ0n) is 12.9. The molecule has 0 saturated carbocycles. The summed E-state index contributed by atoms with van der Waals surface area (Å²) in [4.78, 5) is 22.6. The molecule has 0 amide bonds. The molecule has 23 heavy (non-hydrogen) atoms. The van der Waals surface area contributed by atoms with E-state index in [1.54, 1.807) is 44.2 Å². The highest BCUT2D eigenvalue weighted by Crippen LogP contribution is 2.23. The molecule has 0 radical (unpaired) electrons. The molecule has 0 bridgehead atoms. The zero-order chi connectivity index (χ0) is 17.0. The zero-order valence-corrected chi connectivity index (χ0v) is 12.9. The normalized spacial score (nSPS) is 10.6. The first kappa shape index (κ1) is 16.7. The maximum atomic E-state index is 14.0. The quantitative estimate of drug-likeness (QED) is 0.855. The van der Waals surface area contributed by atoms with Crippen LogP contribution in [0.2, 0.25) is 0 Å². The van der Waals surface area contributed by atoms with Gasteiger partial charge in [-0.3, -0.25) is 4.79 Å². The standard InChI is InChI=1S/C18H17FO4/c1-11(2)23-18(22)15-5-3-4-12(8-15)13-6-7-14(10-17(20)21)16(19)9-13/h3-9,11H,10H2,1-2H3,(H,20,21). The number of aliphatic carboxylic acids is 1. The summed E-state index contributed by atoms with van der Waals surface area (Å²) < 4.78 is 19.1. The first-order chi connectivity index (χ1) is 10.9. The van der Waals surface area contributed by atoms with E-state index >= 15 is 0 Å². The van der Waals surface area contributed by atoms with Crippen molar-refractivity contribution < 1.29 is 23.8 Å². The Morgan fingerprint density at radius 1 is 1.13 bits per heavy atom. The molecule has 0 heterocycles. The Morgan fingerprint density at radius 3 is 2.43 bits per heavy atom. The Labute approximate surface area is 133 Å². The Morgan fingerprint density at radius 2 is 1.83 bits per heavy atom. The van der Waals surface area contributed by atoms with Gasteiger partial charge in [-0.2, -0.15) is 0 Å². The van der Waals surface area contributed by atoms with Gasteiger partial charge in [0.2, 0.25) is 0 Å². The minimum Gasteiger partial charge on any atom is -0.481 e. The lowest BCUT2D eigenvalue weighted by atomic mass is 10.0. The van der Waals surface area contributed by atoms with Crippen LogP contribution in [0.1, 0.15) is 29.8 Å². The van der Waals surface area contributed by atoms with E-state index in [1.165, 1.54) is 12.1 Å². The summed E-state index contributed by atoms with van der Waals surface area (Å²) in [5.41, 5.74) is 1.72. The highest BCUT2D eigenvalue weighted by molar-refractivity contribution is 5.91. The third-order valence-corrected chi connectivity index (χ3v) is 3.17. The molecule has 1 N–H and O–H groups in total. The molecule has 0 aliphatic carbocycles. The lowest BCUT2D eigenvalue weighted by Gasteiger charge is -2.10. The summed E-state index contributed by atoms with van der Waals surface area (Å²) >= 11 is 0. The van der Waals surface area contributed by atoms with Crippen molar-refractivity contribution in [3.63, 3.8) is 0 Å². The van der Waals surface area contributed by atoms with Crippen LogP contribution in [0.25, 0.3) is 11.1 Å². The van der Waals surface area contributed by atoms with Gasteiger partial charge in [-0.15, -0.1) is 0 Å². The summed E-state index contributed by atoms with van der Waals surface area (Å²) in [5, 5.41) is 8.73. The summed E-state index contributed by atoms with van der Waals surface area (Å²) in [6.45, 7) is 3.52. The number of rotatable bonds is 5. The van der Waals surface area contributed by atoms with Crippen molar-refractivity contribution >= 4 is 11.9 Å². The molecule has 0 fully saturated rings. The summed E-state index contributed by atoms with van der Waals surface area (Å²) in [7, 11) is 0. The Balaban J connectivity index is 2.30. The predicted molar refractivity (Wildman–Crippen MR) is 83.7 cm³/mol. The molecule has 0 aliphatic heterocycles. The van der Waals surface area contributed by atoms with Crippen molar-refractivity contribution in [3.8, 4) is 11.1 Å². The van der Waals surface area contributed by atoms with Gasteiger partial charge in [-0.1, -0.05) is 24.3 Å². The summed E-state index contributed by atoms with van der Waals surface area (Å²) in [5.74, 6) is -2.11. The molecular weight excluding hydrogens is 299 g/mol. The van der Waals surface area contributed by atoms with Gasteiger partial charge in [0.25, 0.3) is 0 Å². The fourth-order valence-corrected chi connectivity index (χ4v) is 2.14. The van der Waals surface area contributed by atoms with Gasteiger partial charge < -0.3 is 9.84 Å². The number of carbonyl (C=O) groups is 2. The lowest BCUT2D eigenvalue weighted by molar-refractivity contribution is -0.136. The number of ether oxygens (including phenoxy) is 1. The molecule has 2 aromatic carbocycles. The molecule has 4 nitrogen and oxygen atoms in total. The second-order valence-electron chi connectivity index (χ2n) is 5.41. The molecule has 5 heteroatoms. The van der Waals surface area contributed by atoms with E-state index in [1.807, 2.05) is 0 Å². The monoisotopic (exact) mass is 316 g/mol.